The molecule has 1 fully saturated rings. The summed E-state index contributed by atoms with van der Waals surface area (Å²) in [7, 11) is 1.28. The number of likely N-dealkylation sites (tertiary alicyclic amines) is 1. The van der Waals surface area contributed by atoms with Crippen molar-refractivity contribution >= 4 is 11.8 Å². The van der Waals surface area contributed by atoms with E-state index >= 15 is 0 Å². The minimum atomic E-state index is -0.836. The molecule has 1 atom stereocenters. The molecule has 1 saturated heterocycles. The van der Waals surface area contributed by atoms with Gasteiger partial charge in [0.2, 0.25) is 11.8 Å². The highest BCUT2D eigenvalue weighted by atomic mass is 19.1. The zero-order valence-electron chi connectivity index (χ0n) is 14.3. The Balaban J connectivity index is 2.04. The highest BCUT2D eigenvalue weighted by Gasteiger charge is 2.39. The van der Waals surface area contributed by atoms with Gasteiger partial charge in [-0.05, 0) is 32.9 Å². The fraction of sp³-hybridized carbons (Fsp3) is 0.529. The van der Waals surface area contributed by atoms with Crippen LogP contribution in [0.3, 0.4) is 0 Å². The van der Waals surface area contributed by atoms with Gasteiger partial charge < -0.3 is 15.0 Å². The molecule has 0 saturated carbocycles. The number of carbonyl (C=O) groups excluding carboxylic acids is 2. The molecule has 0 aromatic heterocycles. The number of hydrogen-bond acceptors (Lipinski definition) is 3. The van der Waals surface area contributed by atoms with E-state index in [1.54, 1.807) is 4.90 Å². The second-order valence-corrected chi connectivity index (χ2v) is 6.84. The monoisotopic (exact) mass is 340 g/mol. The van der Waals surface area contributed by atoms with E-state index in [0.29, 0.717) is 6.54 Å². The zero-order chi connectivity index (χ0) is 18.1. The van der Waals surface area contributed by atoms with Crippen LogP contribution in [0.2, 0.25) is 0 Å². The number of nitrogens with zero attached hydrogens (tertiary/aromatic N) is 1. The third-order valence-electron chi connectivity index (χ3n) is 4.12. The van der Waals surface area contributed by atoms with E-state index in [-0.39, 0.29) is 35.7 Å². The maximum atomic E-state index is 14.1. The summed E-state index contributed by atoms with van der Waals surface area (Å²) < 4.78 is 32.6. The smallest absolute Gasteiger partial charge is 0.225 e. The highest BCUT2D eigenvalue weighted by Crippen LogP contribution is 2.26. The Hall–Kier alpha value is -2.18. The Morgan fingerprint density at radius 2 is 2.04 bits per heavy atom. The molecule has 132 valence electrons. The van der Waals surface area contributed by atoms with E-state index in [1.165, 1.54) is 13.2 Å². The Kier molecular flexibility index (Phi) is 5.11. The fourth-order valence-corrected chi connectivity index (χ4v) is 2.75. The SMILES string of the molecule is COc1ccc(F)c(CNC(=O)[C@H]2CC(=O)N(C(C)(C)C)C2)c1F. The molecule has 0 unspecified atom stereocenters. The molecule has 2 amide bonds. The van der Waals surface area contributed by atoms with Gasteiger partial charge in [-0.2, -0.15) is 0 Å². The van der Waals surface area contributed by atoms with Crippen molar-refractivity contribution in [2.75, 3.05) is 13.7 Å². The van der Waals surface area contributed by atoms with Gasteiger partial charge >= 0.3 is 0 Å². The van der Waals surface area contributed by atoms with Crippen LogP contribution in [-0.4, -0.2) is 35.9 Å². The van der Waals surface area contributed by atoms with Crippen molar-refractivity contribution in [2.24, 2.45) is 5.92 Å². The van der Waals surface area contributed by atoms with E-state index in [9.17, 15) is 18.4 Å². The maximum Gasteiger partial charge on any atom is 0.225 e. The third kappa shape index (κ3) is 3.66. The summed E-state index contributed by atoms with van der Waals surface area (Å²) in [6.07, 6.45) is 0.103. The third-order valence-corrected chi connectivity index (χ3v) is 4.12. The van der Waals surface area contributed by atoms with Gasteiger partial charge in [-0.3, -0.25) is 9.59 Å². The number of rotatable bonds is 4. The van der Waals surface area contributed by atoms with Gasteiger partial charge in [0.1, 0.15) is 5.82 Å². The first-order chi connectivity index (χ1) is 11.1. The van der Waals surface area contributed by atoms with Crippen molar-refractivity contribution in [3.05, 3.63) is 29.3 Å². The molecule has 1 aliphatic rings. The Labute approximate surface area is 140 Å². The van der Waals surface area contributed by atoms with Gasteiger partial charge in [0.25, 0.3) is 0 Å². The van der Waals surface area contributed by atoms with Crippen LogP contribution in [0.1, 0.15) is 32.8 Å². The number of ether oxygens (including phenoxy) is 1. The lowest BCUT2D eigenvalue weighted by atomic mass is 10.1. The number of carbonyl (C=O) groups is 2. The van der Waals surface area contributed by atoms with Gasteiger partial charge in [0.15, 0.2) is 11.6 Å². The lowest BCUT2D eigenvalue weighted by Gasteiger charge is -2.31. The summed E-state index contributed by atoms with van der Waals surface area (Å²) in [6.45, 7) is 5.69. The van der Waals surface area contributed by atoms with Crippen molar-refractivity contribution in [3.63, 3.8) is 0 Å². The summed E-state index contributed by atoms with van der Waals surface area (Å²) in [5, 5.41) is 2.51. The summed E-state index contributed by atoms with van der Waals surface area (Å²) >= 11 is 0. The van der Waals surface area contributed by atoms with E-state index in [1.807, 2.05) is 20.8 Å². The van der Waals surface area contributed by atoms with Crippen molar-refractivity contribution in [3.8, 4) is 5.75 Å². The summed E-state index contributed by atoms with van der Waals surface area (Å²) in [6, 6.07) is 2.27. The van der Waals surface area contributed by atoms with Gasteiger partial charge in [-0.25, -0.2) is 8.78 Å². The van der Waals surface area contributed by atoms with Crippen LogP contribution in [0.25, 0.3) is 0 Å². The first-order valence-corrected chi connectivity index (χ1v) is 7.74. The standard InChI is InChI=1S/C17H22F2N2O3/c1-17(2,3)21-9-10(7-14(21)22)16(23)20-8-11-12(18)5-6-13(24-4)15(11)19/h5-6,10H,7-9H2,1-4H3,(H,20,23)/t10-/m0/s1. The Morgan fingerprint density at radius 1 is 1.38 bits per heavy atom. The number of amides is 2. The van der Waals surface area contributed by atoms with E-state index in [2.05, 4.69) is 5.32 Å². The lowest BCUT2D eigenvalue weighted by Crippen LogP contribution is -2.43. The summed E-state index contributed by atoms with van der Waals surface area (Å²) in [4.78, 5) is 25.9. The number of methoxy groups -OCH3 is 1. The second-order valence-electron chi connectivity index (χ2n) is 6.84. The van der Waals surface area contributed by atoms with Crippen molar-refractivity contribution < 1.29 is 23.1 Å². The average molecular weight is 340 g/mol. The molecule has 0 bridgehead atoms. The van der Waals surface area contributed by atoms with E-state index in [4.69, 9.17) is 4.74 Å². The molecular formula is C17H22F2N2O3. The molecule has 1 aromatic carbocycles. The van der Waals surface area contributed by atoms with Crippen molar-refractivity contribution in [1.82, 2.24) is 10.2 Å². The lowest BCUT2D eigenvalue weighted by molar-refractivity contribution is -0.132. The van der Waals surface area contributed by atoms with Crippen LogP contribution in [-0.2, 0) is 16.1 Å². The molecule has 1 heterocycles. The quantitative estimate of drug-likeness (QED) is 0.914. The van der Waals surface area contributed by atoms with Gasteiger partial charge in [0, 0.05) is 30.6 Å². The molecule has 7 heteroatoms. The zero-order valence-corrected chi connectivity index (χ0v) is 14.3. The Bertz CT molecular complexity index is 656. The fourth-order valence-electron chi connectivity index (χ4n) is 2.75. The van der Waals surface area contributed by atoms with Crippen molar-refractivity contribution in [1.29, 1.82) is 0 Å². The molecule has 5 nitrogen and oxygen atoms in total. The van der Waals surface area contributed by atoms with Gasteiger partial charge in [-0.15, -0.1) is 0 Å². The van der Waals surface area contributed by atoms with E-state index < -0.39 is 23.5 Å². The van der Waals surface area contributed by atoms with Gasteiger partial charge in [-0.1, -0.05) is 0 Å². The molecule has 0 radical (unpaired) electrons. The molecule has 1 aliphatic heterocycles. The van der Waals surface area contributed by atoms with E-state index in [0.717, 1.165) is 6.07 Å². The number of nitrogens with one attached hydrogen (secondary N) is 1. The largest absolute Gasteiger partial charge is 0.494 e. The molecule has 24 heavy (non-hydrogen) atoms. The molecule has 0 spiro atoms. The van der Waals surface area contributed by atoms with Gasteiger partial charge in [0.05, 0.1) is 13.0 Å². The number of benzene rings is 1. The first kappa shape index (κ1) is 18.2. The second kappa shape index (κ2) is 6.75. The minimum absolute atomic E-state index is 0.0874. The van der Waals surface area contributed by atoms with Crippen LogP contribution in [0.4, 0.5) is 8.78 Å². The minimum Gasteiger partial charge on any atom is -0.494 e. The molecule has 2 rings (SSSR count). The molecule has 1 aromatic rings. The van der Waals surface area contributed by atoms with Crippen molar-refractivity contribution in [2.45, 2.75) is 39.3 Å². The van der Waals surface area contributed by atoms with Crippen LogP contribution in [0.5, 0.6) is 5.75 Å². The summed E-state index contributed by atoms with van der Waals surface area (Å²) in [5.74, 6) is -2.69. The van der Waals surface area contributed by atoms with Crippen LogP contribution >= 0.6 is 0 Å². The molecular weight excluding hydrogens is 318 g/mol. The molecule has 1 N–H and O–H groups in total. The summed E-state index contributed by atoms with van der Waals surface area (Å²) in [5.41, 5.74) is -0.628. The topological polar surface area (TPSA) is 58.6 Å². The Morgan fingerprint density at radius 3 is 2.58 bits per heavy atom. The highest BCUT2D eigenvalue weighted by molar-refractivity contribution is 5.89. The number of hydrogen-bond donors (Lipinski definition) is 1. The molecule has 0 aliphatic carbocycles. The normalized spacial score (nSPS) is 18.0. The average Bonchev–Trinajstić information content (AvgIpc) is 2.89. The predicted octanol–water partition coefficient (Wildman–Crippen LogP) is 2.24. The first-order valence-electron chi connectivity index (χ1n) is 7.74. The van der Waals surface area contributed by atoms with Crippen LogP contribution < -0.4 is 10.1 Å². The number of halogens is 2. The maximum absolute atomic E-state index is 14.1. The van der Waals surface area contributed by atoms with Crippen LogP contribution in [0.15, 0.2) is 12.1 Å². The predicted molar refractivity (Wildman–Crippen MR) is 84.3 cm³/mol. The van der Waals surface area contributed by atoms with Crippen LogP contribution in [0, 0.1) is 17.6 Å².